The number of ether oxygens (including phenoxy) is 1. The number of urea groups is 1. The summed E-state index contributed by atoms with van der Waals surface area (Å²) in [6, 6.07) is 8.99. The second-order valence-corrected chi connectivity index (χ2v) is 6.59. The van der Waals surface area contributed by atoms with Gasteiger partial charge in [-0.05, 0) is 51.3 Å². The number of aromatic nitrogens is 2. The maximum Gasteiger partial charge on any atom is 0.319 e. The van der Waals surface area contributed by atoms with Gasteiger partial charge in [-0.1, -0.05) is 12.1 Å². The minimum atomic E-state index is -0.294. The fourth-order valence-electron chi connectivity index (χ4n) is 3.13. The lowest BCUT2D eigenvalue weighted by atomic mass is 10.1. The van der Waals surface area contributed by atoms with Crippen molar-refractivity contribution in [1.82, 2.24) is 15.3 Å². The highest BCUT2D eigenvalue weighted by Crippen LogP contribution is 2.23. The van der Waals surface area contributed by atoms with Crippen LogP contribution in [0.2, 0.25) is 0 Å². The van der Waals surface area contributed by atoms with E-state index in [1.807, 2.05) is 44.2 Å². The lowest BCUT2D eigenvalue weighted by molar-refractivity contribution is 0.251. The van der Waals surface area contributed by atoms with Gasteiger partial charge in [0.1, 0.15) is 5.75 Å². The monoisotopic (exact) mass is 369 g/mol. The van der Waals surface area contributed by atoms with E-state index in [0.717, 1.165) is 30.4 Å². The zero-order valence-corrected chi connectivity index (χ0v) is 16.0. The molecule has 27 heavy (non-hydrogen) atoms. The number of rotatable bonds is 6. The van der Waals surface area contributed by atoms with E-state index in [2.05, 4.69) is 25.5 Å². The molecule has 2 amide bonds. The molecule has 0 radical (unpaired) electrons. The fraction of sp³-hybridized carbons (Fsp3) is 0.450. The molecule has 7 nitrogen and oxygen atoms in total. The van der Waals surface area contributed by atoms with Gasteiger partial charge in [-0.25, -0.2) is 14.8 Å². The summed E-state index contributed by atoms with van der Waals surface area (Å²) in [5.74, 6) is 1.41. The predicted molar refractivity (Wildman–Crippen MR) is 106 cm³/mol. The number of benzene rings is 1. The molecule has 0 unspecified atom stereocenters. The minimum Gasteiger partial charge on any atom is -0.492 e. The molecule has 3 rings (SSSR count). The Morgan fingerprint density at radius 2 is 1.96 bits per heavy atom. The number of hydrogen-bond donors (Lipinski definition) is 2. The number of nitrogens with zero attached hydrogens (tertiary/aromatic N) is 3. The predicted octanol–water partition coefficient (Wildman–Crippen LogP) is 3.50. The van der Waals surface area contributed by atoms with Crippen LogP contribution < -0.4 is 20.3 Å². The molecule has 2 N–H and O–H groups in total. The molecule has 1 aromatic heterocycles. The molecule has 1 aliphatic rings. The SMILES string of the molecule is CCOc1ccccc1NC(=O)NCc1cc(C)nc(N2CCCCC2)n1. The van der Waals surface area contributed by atoms with Gasteiger partial charge < -0.3 is 20.3 Å². The van der Waals surface area contributed by atoms with Crippen molar-refractivity contribution in [2.24, 2.45) is 0 Å². The van der Waals surface area contributed by atoms with E-state index in [-0.39, 0.29) is 6.03 Å². The fourth-order valence-corrected chi connectivity index (χ4v) is 3.13. The van der Waals surface area contributed by atoms with Gasteiger partial charge in [0, 0.05) is 18.8 Å². The van der Waals surface area contributed by atoms with E-state index < -0.39 is 0 Å². The molecule has 1 saturated heterocycles. The average molecular weight is 369 g/mol. The zero-order valence-electron chi connectivity index (χ0n) is 16.0. The summed E-state index contributed by atoms with van der Waals surface area (Å²) in [6.45, 7) is 6.73. The smallest absolute Gasteiger partial charge is 0.319 e. The number of anilines is 2. The third-order valence-corrected chi connectivity index (χ3v) is 4.40. The van der Waals surface area contributed by atoms with E-state index in [4.69, 9.17) is 4.74 Å². The highest BCUT2D eigenvalue weighted by atomic mass is 16.5. The van der Waals surface area contributed by atoms with Crippen LogP contribution in [-0.4, -0.2) is 35.7 Å². The molecule has 0 atom stereocenters. The van der Waals surface area contributed by atoms with Crippen molar-refractivity contribution in [2.45, 2.75) is 39.7 Å². The first-order valence-electron chi connectivity index (χ1n) is 9.52. The number of para-hydroxylation sites is 2. The molecule has 1 aliphatic heterocycles. The topological polar surface area (TPSA) is 79.4 Å². The Bertz CT molecular complexity index is 775. The maximum atomic E-state index is 12.3. The number of carbonyl (C=O) groups is 1. The van der Waals surface area contributed by atoms with Gasteiger partial charge in [0.15, 0.2) is 0 Å². The van der Waals surface area contributed by atoms with Gasteiger partial charge in [0.25, 0.3) is 0 Å². The quantitative estimate of drug-likeness (QED) is 0.815. The van der Waals surface area contributed by atoms with Crippen molar-refractivity contribution < 1.29 is 9.53 Å². The Balaban J connectivity index is 1.61. The first-order valence-corrected chi connectivity index (χ1v) is 9.52. The van der Waals surface area contributed by atoms with Gasteiger partial charge in [0.2, 0.25) is 5.95 Å². The standard InChI is InChI=1S/C20H27N5O2/c1-3-27-18-10-6-5-9-17(18)24-20(26)21-14-16-13-15(2)22-19(23-16)25-11-7-4-8-12-25/h5-6,9-10,13H,3-4,7-8,11-12,14H2,1-2H3,(H2,21,24,26). The minimum absolute atomic E-state index is 0.294. The van der Waals surface area contributed by atoms with Crippen molar-refractivity contribution in [3.63, 3.8) is 0 Å². The van der Waals surface area contributed by atoms with E-state index in [9.17, 15) is 4.79 Å². The largest absolute Gasteiger partial charge is 0.492 e. The van der Waals surface area contributed by atoms with Crippen LogP contribution in [-0.2, 0) is 6.54 Å². The molecule has 1 fully saturated rings. The van der Waals surface area contributed by atoms with Crippen LogP contribution in [0.15, 0.2) is 30.3 Å². The third-order valence-electron chi connectivity index (χ3n) is 4.40. The van der Waals surface area contributed by atoms with Crippen LogP contribution >= 0.6 is 0 Å². The Kier molecular flexibility index (Phi) is 6.46. The molecule has 1 aromatic carbocycles. The number of nitrogens with one attached hydrogen (secondary N) is 2. The number of amides is 2. The van der Waals surface area contributed by atoms with E-state index in [1.165, 1.54) is 19.3 Å². The highest BCUT2D eigenvalue weighted by Gasteiger charge is 2.15. The maximum absolute atomic E-state index is 12.3. The molecule has 2 aromatic rings. The Morgan fingerprint density at radius 3 is 2.74 bits per heavy atom. The lowest BCUT2D eigenvalue weighted by Gasteiger charge is -2.27. The van der Waals surface area contributed by atoms with Crippen LogP contribution in [0.3, 0.4) is 0 Å². The van der Waals surface area contributed by atoms with Gasteiger partial charge in [0.05, 0.1) is 24.5 Å². The Morgan fingerprint density at radius 1 is 1.19 bits per heavy atom. The number of piperidine rings is 1. The average Bonchev–Trinajstić information content (AvgIpc) is 2.68. The van der Waals surface area contributed by atoms with E-state index in [0.29, 0.717) is 24.6 Å². The summed E-state index contributed by atoms with van der Waals surface area (Å²) in [5.41, 5.74) is 2.35. The molecule has 144 valence electrons. The van der Waals surface area contributed by atoms with Crippen LogP contribution in [0.1, 0.15) is 37.6 Å². The molecule has 0 saturated carbocycles. The summed E-state index contributed by atoms with van der Waals surface area (Å²) in [5, 5.41) is 5.69. The normalized spacial score (nSPS) is 13.9. The van der Waals surface area contributed by atoms with Crippen LogP contribution in [0, 0.1) is 6.92 Å². The highest BCUT2D eigenvalue weighted by molar-refractivity contribution is 5.90. The summed E-state index contributed by atoms with van der Waals surface area (Å²) < 4.78 is 5.53. The van der Waals surface area contributed by atoms with E-state index >= 15 is 0 Å². The number of hydrogen-bond acceptors (Lipinski definition) is 5. The molecule has 7 heteroatoms. The molecule has 2 heterocycles. The van der Waals surface area contributed by atoms with Crippen molar-refractivity contribution in [1.29, 1.82) is 0 Å². The van der Waals surface area contributed by atoms with Gasteiger partial charge in [-0.2, -0.15) is 0 Å². The van der Waals surface area contributed by atoms with Gasteiger partial charge in [-0.15, -0.1) is 0 Å². The zero-order chi connectivity index (χ0) is 19.1. The number of carbonyl (C=O) groups excluding carboxylic acids is 1. The molecule has 0 spiro atoms. The van der Waals surface area contributed by atoms with Crippen LogP contribution in [0.25, 0.3) is 0 Å². The molecule has 0 bridgehead atoms. The van der Waals surface area contributed by atoms with Crippen molar-refractivity contribution in [3.05, 3.63) is 41.7 Å². The second kappa shape index (κ2) is 9.21. The van der Waals surface area contributed by atoms with Crippen LogP contribution in [0.5, 0.6) is 5.75 Å². The summed E-state index contributed by atoms with van der Waals surface area (Å²) >= 11 is 0. The van der Waals surface area contributed by atoms with Gasteiger partial charge in [-0.3, -0.25) is 0 Å². The van der Waals surface area contributed by atoms with Crippen molar-refractivity contribution in [3.8, 4) is 5.75 Å². The Hall–Kier alpha value is -2.83. The van der Waals surface area contributed by atoms with Crippen molar-refractivity contribution >= 4 is 17.7 Å². The Labute approximate surface area is 160 Å². The van der Waals surface area contributed by atoms with E-state index in [1.54, 1.807) is 0 Å². The number of aryl methyl sites for hydroxylation is 1. The second-order valence-electron chi connectivity index (χ2n) is 6.59. The molecular weight excluding hydrogens is 342 g/mol. The third kappa shape index (κ3) is 5.32. The first-order chi connectivity index (χ1) is 13.2. The van der Waals surface area contributed by atoms with Gasteiger partial charge >= 0.3 is 6.03 Å². The summed E-state index contributed by atoms with van der Waals surface area (Å²) in [7, 11) is 0. The summed E-state index contributed by atoms with van der Waals surface area (Å²) in [6.07, 6.45) is 3.61. The molecular formula is C20H27N5O2. The summed E-state index contributed by atoms with van der Waals surface area (Å²) in [4.78, 5) is 23.7. The first kappa shape index (κ1) is 18.9. The van der Waals surface area contributed by atoms with Crippen molar-refractivity contribution in [2.75, 3.05) is 29.9 Å². The molecule has 0 aliphatic carbocycles. The lowest BCUT2D eigenvalue weighted by Crippen LogP contribution is -2.32. The van der Waals surface area contributed by atoms with Crippen LogP contribution in [0.4, 0.5) is 16.4 Å².